The molecule has 0 spiro atoms. The topological polar surface area (TPSA) is 76.1 Å². The maximum atomic E-state index is 11.5. The number of hydrogen-bond acceptors (Lipinski definition) is 6. The van der Waals surface area contributed by atoms with Crippen LogP contribution in [0.4, 0.5) is 0 Å². The number of sulfone groups is 1. The highest BCUT2D eigenvalue weighted by Crippen LogP contribution is 2.21. The van der Waals surface area contributed by atoms with Gasteiger partial charge in [-0.15, -0.1) is 0 Å². The van der Waals surface area contributed by atoms with Gasteiger partial charge in [-0.3, -0.25) is 4.90 Å². The van der Waals surface area contributed by atoms with Crippen LogP contribution in [-0.4, -0.2) is 41.1 Å². The van der Waals surface area contributed by atoms with E-state index in [1.807, 2.05) is 12.1 Å². The molecule has 0 bridgehead atoms. The van der Waals surface area contributed by atoms with Crippen LogP contribution in [0.25, 0.3) is 0 Å². The van der Waals surface area contributed by atoms with Crippen LogP contribution in [0.1, 0.15) is 16.8 Å². The smallest absolute Gasteiger partial charge is 0.246 e. The Morgan fingerprint density at radius 2 is 2.18 bits per heavy atom. The molecule has 6 nitrogen and oxygen atoms in total. The Bertz CT molecular complexity index is 810. The first-order valence-electron chi connectivity index (χ1n) is 6.80. The summed E-state index contributed by atoms with van der Waals surface area (Å²) in [5.74, 6) is 0. The van der Waals surface area contributed by atoms with Crippen LogP contribution < -0.4 is 0 Å². The second-order valence-corrected chi connectivity index (χ2v) is 7.97. The average Bonchev–Trinajstić information content (AvgIpc) is 2.48. The molecule has 0 fully saturated rings. The summed E-state index contributed by atoms with van der Waals surface area (Å²) in [5.41, 5.74) is 2.94. The van der Waals surface area contributed by atoms with E-state index in [1.165, 1.54) is 0 Å². The zero-order chi connectivity index (χ0) is 15.7. The number of nitrogens with zero attached hydrogens (tertiary/aromatic N) is 4. The Balaban J connectivity index is 1.79. The van der Waals surface area contributed by atoms with Gasteiger partial charge in [0.2, 0.25) is 15.0 Å². The fourth-order valence-corrected chi connectivity index (χ4v) is 3.34. The molecule has 2 aromatic heterocycles. The number of fused-ring (bicyclic) bond motifs is 1. The van der Waals surface area contributed by atoms with E-state index in [0.29, 0.717) is 6.54 Å². The molecule has 8 heteroatoms. The van der Waals surface area contributed by atoms with Crippen molar-refractivity contribution in [3.63, 3.8) is 0 Å². The number of aromatic nitrogens is 3. The number of pyridine rings is 1. The third kappa shape index (κ3) is 3.34. The van der Waals surface area contributed by atoms with Crippen LogP contribution in [0.3, 0.4) is 0 Å². The maximum absolute atomic E-state index is 11.5. The van der Waals surface area contributed by atoms with Crippen molar-refractivity contribution < 1.29 is 8.42 Å². The first-order chi connectivity index (χ1) is 10.4. The first kappa shape index (κ1) is 15.5. The zero-order valence-corrected chi connectivity index (χ0v) is 14.4. The van der Waals surface area contributed by atoms with Gasteiger partial charge in [-0.1, -0.05) is 6.07 Å². The van der Waals surface area contributed by atoms with E-state index < -0.39 is 9.84 Å². The van der Waals surface area contributed by atoms with Gasteiger partial charge in [0.15, 0.2) is 0 Å². The molecule has 0 N–H and O–H groups in total. The van der Waals surface area contributed by atoms with Crippen molar-refractivity contribution in [3.05, 3.63) is 46.0 Å². The van der Waals surface area contributed by atoms with Gasteiger partial charge < -0.3 is 0 Å². The molecule has 0 amide bonds. The Morgan fingerprint density at radius 1 is 1.36 bits per heavy atom. The van der Waals surface area contributed by atoms with E-state index >= 15 is 0 Å². The molecule has 116 valence electrons. The predicted molar refractivity (Wildman–Crippen MR) is 84.9 cm³/mol. The number of halogens is 1. The molecule has 2 aromatic rings. The minimum atomic E-state index is -3.35. The molecule has 0 aromatic carbocycles. The van der Waals surface area contributed by atoms with Crippen molar-refractivity contribution in [2.75, 3.05) is 12.8 Å². The lowest BCUT2D eigenvalue weighted by molar-refractivity contribution is 0.241. The summed E-state index contributed by atoms with van der Waals surface area (Å²) in [7, 11) is -3.35. The second-order valence-electron chi connectivity index (χ2n) is 5.31. The molecule has 0 atom stereocenters. The van der Waals surface area contributed by atoms with Crippen LogP contribution in [0, 0.1) is 0 Å². The third-order valence-electron chi connectivity index (χ3n) is 3.55. The van der Waals surface area contributed by atoms with Crippen molar-refractivity contribution in [3.8, 4) is 0 Å². The van der Waals surface area contributed by atoms with Crippen LogP contribution in [-0.2, 0) is 29.3 Å². The van der Waals surface area contributed by atoms with Crippen LogP contribution in [0.15, 0.2) is 34.3 Å². The second kappa shape index (κ2) is 6.02. The molecule has 3 heterocycles. The minimum absolute atomic E-state index is 0.0882. The molecule has 22 heavy (non-hydrogen) atoms. The van der Waals surface area contributed by atoms with E-state index in [1.54, 1.807) is 12.4 Å². The van der Waals surface area contributed by atoms with E-state index in [0.717, 1.165) is 47.2 Å². The standard InChI is InChI=1S/C14H15BrN4O2S/c1-22(20,21)14-17-7-11-9-19(6-4-12(11)18-14)8-10-3-2-5-16-13(10)15/h2-3,5,7H,4,6,8-9H2,1H3. The normalized spacial score (nSPS) is 15.5. The van der Waals surface area contributed by atoms with Gasteiger partial charge in [0.1, 0.15) is 4.60 Å². The van der Waals surface area contributed by atoms with Crippen LogP contribution in [0.2, 0.25) is 0 Å². The summed E-state index contributed by atoms with van der Waals surface area (Å²) < 4.78 is 23.9. The molecular weight excluding hydrogens is 368 g/mol. The largest absolute Gasteiger partial charge is 0.294 e. The van der Waals surface area contributed by atoms with Crippen molar-refractivity contribution in [1.82, 2.24) is 19.9 Å². The Labute approximate surface area is 137 Å². The minimum Gasteiger partial charge on any atom is -0.294 e. The summed E-state index contributed by atoms with van der Waals surface area (Å²) in [6.07, 6.45) is 5.23. The molecular formula is C14H15BrN4O2S. The van der Waals surface area contributed by atoms with Gasteiger partial charge in [0, 0.05) is 50.3 Å². The van der Waals surface area contributed by atoms with Crippen LogP contribution >= 0.6 is 15.9 Å². The third-order valence-corrected chi connectivity index (χ3v) is 5.13. The van der Waals surface area contributed by atoms with Gasteiger partial charge >= 0.3 is 0 Å². The highest BCUT2D eigenvalue weighted by Gasteiger charge is 2.21. The van der Waals surface area contributed by atoms with E-state index in [9.17, 15) is 8.42 Å². The summed E-state index contributed by atoms with van der Waals surface area (Å²) in [5, 5.41) is -0.0882. The van der Waals surface area contributed by atoms with Gasteiger partial charge in [0.05, 0.1) is 5.69 Å². The van der Waals surface area contributed by atoms with Crippen molar-refractivity contribution in [1.29, 1.82) is 0 Å². The van der Waals surface area contributed by atoms with Gasteiger partial charge in [-0.2, -0.15) is 0 Å². The SMILES string of the molecule is CS(=O)(=O)c1ncc2c(n1)CCN(Cc1cccnc1Br)C2. The first-order valence-corrected chi connectivity index (χ1v) is 9.48. The Hall–Kier alpha value is -1.38. The molecule has 0 radical (unpaired) electrons. The summed E-state index contributed by atoms with van der Waals surface area (Å²) in [4.78, 5) is 14.7. The highest BCUT2D eigenvalue weighted by atomic mass is 79.9. The highest BCUT2D eigenvalue weighted by molar-refractivity contribution is 9.10. The summed E-state index contributed by atoms with van der Waals surface area (Å²) in [6, 6.07) is 3.95. The Morgan fingerprint density at radius 3 is 2.91 bits per heavy atom. The molecule has 1 aliphatic heterocycles. The van der Waals surface area contributed by atoms with Crippen molar-refractivity contribution in [2.24, 2.45) is 0 Å². The molecule has 0 aliphatic carbocycles. The molecule has 1 aliphatic rings. The Kier molecular flexibility index (Phi) is 4.24. The molecule has 0 unspecified atom stereocenters. The number of rotatable bonds is 3. The summed E-state index contributed by atoms with van der Waals surface area (Å²) >= 11 is 3.46. The molecule has 3 rings (SSSR count). The van der Waals surface area contributed by atoms with Gasteiger partial charge in [0.25, 0.3) is 0 Å². The lowest BCUT2D eigenvalue weighted by Crippen LogP contribution is -2.31. The van der Waals surface area contributed by atoms with E-state index in [-0.39, 0.29) is 5.16 Å². The van der Waals surface area contributed by atoms with E-state index in [4.69, 9.17) is 0 Å². The number of hydrogen-bond donors (Lipinski definition) is 0. The van der Waals surface area contributed by atoms with E-state index in [2.05, 4.69) is 35.8 Å². The van der Waals surface area contributed by atoms with Crippen LogP contribution in [0.5, 0.6) is 0 Å². The maximum Gasteiger partial charge on any atom is 0.246 e. The predicted octanol–water partition coefficient (Wildman–Crippen LogP) is 1.60. The van der Waals surface area contributed by atoms with Crippen molar-refractivity contribution in [2.45, 2.75) is 24.7 Å². The quantitative estimate of drug-likeness (QED) is 0.592. The lowest BCUT2D eigenvalue weighted by atomic mass is 10.1. The van der Waals surface area contributed by atoms with Crippen molar-refractivity contribution >= 4 is 25.8 Å². The lowest BCUT2D eigenvalue weighted by Gasteiger charge is -2.28. The van der Waals surface area contributed by atoms with Gasteiger partial charge in [-0.25, -0.2) is 23.4 Å². The molecule has 0 saturated heterocycles. The monoisotopic (exact) mass is 382 g/mol. The average molecular weight is 383 g/mol. The summed E-state index contributed by atoms with van der Waals surface area (Å²) in [6.45, 7) is 2.32. The fraction of sp³-hybridized carbons (Fsp3) is 0.357. The fourth-order valence-electron chi connectivity index (χ4n) is 2.45. The zero-order valence-electron chi connectivity index (χ0n) is 12.0. The van der Waals surface area contributed by atoms with Gasteiger partial charge in [-0.05, 0) is 27.6 Å². The molecule has 0 saturated carbocycles.